The van der Waals surface area contributed by atoms with Gasteiger partial charge in [0.2, 0.25) is 11.2 Å². The number of nitrogens with one attached hydrogen (secondary N) is 2. The van der Waals surface area contributed by atoms with E-state index in [2.05, 4.69) is 0 Å². The standard InChI is InChI=1S/C23H22F6N2O5/c1-34-17-8-11-4-6-14(31-21(33)23(27,28)29)13-9-16(32)15(30-10-22(24,25)26)7-5-12(13)18(11)20(36-3)19(17)35-2/h5,7-9,14H,4,6,10H2,1-3H3,(H,30,32)(H,31,33)/t14-/m0/s1. The second kappa shape index (κ2) is 10.2. The summed E-state index contributed by atoms with van der Waals surface area (Å²) in [6.45, 7) is -1.50. The quantitative estimate of drug-likeness (QED) is 0.550. The lowest BCUT2D eigenvalue weighted by molar-refractivity contribution is -0.174. The van der Waals surface area contributed by atoms with Crippen LogP contribution in [0.2, 0.25) is 0 Å². The SMILES string of the molecule is COc1cc2c(c(OC)c1OC)-c1ccc(NCC(F)(F)F)c(=O)cc1[C@@H](NC(=O)C(F)(F)F)CC2. The van der Waals surface area contributed by atoms with Crippen molar-refractivity contribution in [1.29, 1.82) is 0 Å². The summed E-state index contributed by atoms with van der Waals surface area (Å²) in [5, 5.41) is 3.90. The molecule has 0 heterocycles. The molecule has 0 fully saturated rings. The van der Waals surface area contributed by atoms with Crippen LogP contribution in [0.3, 0.4) is 0 Å². The van der Waals surface area contributed by atoms with Crippen molar-refractivity contribution in [2.24, 2.45) is 0 Å². The number of anilines is 1. The van der Waals surface area contributed by atoms with Crippen LogP contribution in [0.25, 0.3) is 11.1 Å². The maximum atomic E-state index is 13.0. The summed E-state index contributed by atoms with van der Waals surface area (Å²) in [6, 6.07) is 3.60. The minimum Gasteiger partial charge on any atom is -0.493 e. The molecule has 0 radical (unpaired) electrons. The molecule has 0 aliphatic heterocycles. The minimum absolute atomic E-state index is 0.0260. The number of amides is 1. The topological polar surface area (TPSA) is 85.9 Å². The largest absolute Gasteiger partial charge is 0.493 e. The van der Waals surface area contributed by atoms with Gasteiger partial charge in [-0.2, -0.15) is 26.3 Å². The van der Waals surface area contributed by atoms with Crippen LogP contribution in [-0.2, 0) is 11.2 Å². The Morgan fingerprint density at radius 2 is 1.67 bits per heavy atom. The van der Waals surface area contributed by atoms with E-state index in [9.17, 15) is 35.9 Å². The molecule has 0 unspecified atom stereocenters. The summed E-state index contributed by atoms with van der Waals surface area (Å²) in [6.07, 6.45) is -9.74. The molecule has 1 amide bonds. The Bertz CT molecular complexity index is 1210. The number of aryl methyl sites for hydroxylation is 1. The number of fused-ring (bicyclic) bond motifs is 3. The smallest absolute Gasteiger partial charge is 0.471 e. The van der Waals surface area contributed by atoms with E-state index in [0.717, 1.165) is 12.1 Å². The van der Waals surface area contributed by atoms with E-state index < -0.39 is 42.0 Å². The first kappa shape index (κ1) is 27.0. The van der Waals surface area contributed by atoms with Gasteiger partial charge in [-0.1, -0.05) is 6.07 Å². The third-order valence-electron chi connectivity index (χ3n) is 5.58. The molecule has 0 bridgehead atoms. The molecule has 0 aromatic heterocycles. The van der Waals surface area contributed by atoms with Crippen molar-refractivity contribution < 1.29 is 45.3 Å². The Balaban J connectivity index is 2.31. The van der Waals surface area contributed by atoms with Gasteiger partial charge in [0.15, 0.2) is 11.5 Å². The molecule has 1 aliphatic rings. The number of carbonyl (C=O) groups is 1. The van der Waals surface area contributed by atoms with Crippen molar-refractivity contribution in [3.8, 4) is 28.4 Å². The molecule has 2 aromatic carbocycles. The molecule has 0 saturated heterocycles. The van der Waals surface area contributed by atoms with E-state index in [0.29, 0.717) is 11.1 Å². The molecule has 0 saturated carbocycles. The second-order valence-electron chi connectivity index (χ2n) is 7.84. The lowest BCUT2D eigenvalue weighted by Gasteiger charge is -2.20. The summed E-state index contributed by atoms with van der Waals surface area (Å²) < 4.78 is 93.6. The normalized spacial score (nSPS) is 15.2. The van der Waals surface area contributed by atoms with Crippen LogP contribution in [0.5, 0.6) is 17.2 Å². The number of benzene rings is 1. The number of hydrogen-bond acceptors (Lipinski definition) is 6. The Kier molecular flexibility index (Phi) is 7.60. The van der Waals surface area contributed by atoms with Crippen LogP contribution in [0, 0.1) is 0 Å². The molecular weight excluding hydrogens is 498 g/mol. The number of rotatable bonds is 6. The zero-order valence-electron chi connectivity index (χ0n) is 19.3. The Morgan fingerprint density at radius 3 is 2.22 bits per heavy atom. The summed E-state index contributed by atoms with van der Waals surface area (Å²) in [5.74, 6) is -1.66. The predicted molar refractivity (Wildman–Crippen MR) is 118 cm³/mol. The first-order chi connectivity index (χ1) is 16.8. The van der Waals surface area contributed by atoms with Crippen LogP contribution in [-0.4, -0.2) is 46.1 Å². The highest BCUT2D eigenvalue weighted by atomic mass is 19.4. The fourth-order valence-corrected chi connectivity index (χ4v) is 4.04. The predicted octanol–water partition coefficient (Wildman–Crippen LogP) is 4.38. The molecule has 196 valence electrons. The lowest BCUT2D eigenvalue weighted by Crippen LogP contribution is -2.39. The van der Waals surface area contributed by atoms with Gasteiger partial charge in [0, 0.05) is 5.56 Å². The van der Waals surface area contributed by atoms with Crippen LogP contribution in [0.1, 0.15) is 23.6 Å². The summed E-state index contributed by atoms with van der Waals surface area (Å²) >= 11 is 0. The van der Waals surface area contributed by atoms with Gasteiger partial charge >= 0.3 is 18.3 Å². The lowest BCUT2D eigenvalue weighted by atomic mass is 9.95. The van der Waals surface area contributed by atoms with Gasteiger partial charge in [-0.3, -0.25) is 9.59 Å². The van der Waals surface area contributed by atoms with Crippen molar-refractivity contribution in [2.45, 2.75) is 31.2 Å². The van der Waals surface area contributed by atoms with Gasteiger partial charge < -0.3 is 24.8 Å². The number of halogens is 6. The Labute approximate surface area is 201 Å². The van der Waals surface area contributed by atoms with Crippen LogP contribution >= 0.6 is 0 Å². The highest BCUT2D eigenvalue weighted by Gasteiger charge is 2.41. The van der Waals surface area contributed by atoms with Crippen LogP contribution < -0.4 is 30.3 Å². The molecular formula is C23H22F6N2O5. The second-order valence-corrected chi connectivity index (χ2v) is 7.84. The van der Waals surface area contributed by atoms with Crippen molar-refractivity contribution in [1.82, 2.24) is 5.32 Å². The molecule has 7 nitrogen and oxygen atoms in total. The number of alkyl halides is 6. The maximum absolute atomic E-state index is 13.0. The molecule has 1 aliphatic carbocycles. The Hall–Kier alpha value is -3.64. The van der Waals surface area contributed by atoms with Gasteiger partial charge in [0.05, 0.1) is 33.1 Å². The van der Waals surface area contributed by atoms with E-state index in [1.54, 1.807) is 6.07 Å². The average molecular weight is 520 g/mol. The van der Waals surface area contributed by atoms with E-state index in [1.165, 1.54) is 27.4 Å². The van der Waals surface area contributed by atoms with E-state index in [4.69, 9.17) is 14.2 Å². The third kappa shape index (κ3) is 5.60. The molecule has 2 N–H and O–H groups in total. The number of carbonyl (C=O) groups excluding carboxylic acids is 1. The van der Waals surface area contributed by atoms with E-state index >= 15 is 0 Å². The first-order valence-electron chi connectivity index (χ1n) is 10.5. The van der Waals surface area contributed by atoms with Gasteiger partial charge in [0.1, 0.15) is 6.54 Å². The third-order valence-corrected chi connectivity index (χ3v) is 5.58. The van der Waals surface area contributed by atoms with Gasteiger partial charge in [-0.05, 0) is 47.7 Å². The number of methoxy groups -OCH3 is 3. The number of ether oxygens (including phenoxy) is 3. The van der Waals surface area contributed by atoms with Crippen molar-refractivity contribution in [3.05, 3.63) is 45.6 Å². The molecule has 2 aromatic rings. The molecule has 0 spiro atoms. The zero-order valence-corrected chi connectivity index (χ0v) is 19.3. The first-order valence-corrected chi connectivity index (χ1v) is 10.5. The van der Waals surface area contributed by atoms with Gasteiger partial charge in [-0.15, -0.1) is 0 Å². The molecule has 13 heteroatoms. The fourth-order valence-electron chi connectivity index (χ4n) is 4.04. The maximum Gasteiger partial charge on any atom is 0.471 e. The average Bonchev–Trinajstić information content (AvgIpc) is 3.04. The molecule has 3 rings (SSSR count). The zero-order chi connectivity index (χ0) is 26.8. The summed E-state index contributed by atoms with van der Waals surface area (Å²) in [4.78, 5) is 24.6. The molecule has 36 heavy (non-hydrogen) atoms. The monoisotopic (exact) mass is 520 g/mol. The molecule has 1 atom stereocenters. The van der Waals surface area contributed by atoms with Crippen LogP contribution in [0.4, 0.5) is 32.0 Å². The van der Waals surface area contributed by atoms with Crippen molar-refractivity contribution in [3.63, 3.8) is 0 Å². The van der Waals surface area contributed by atoms with Crippen molar-refractivity contribution in [2.75, 3.05) is 33.2 Å². The number of hydrogen-bond donors (Lipinski definition) is 2. The van der Waals surface area contributed by atoms with Crippen LogP contribution in [0.15, 0.2) is 29.1 Å². The highest BCUT2D eigenvalue weighted by Crippen LogP contribution is 2.50. The van der Waals surface area contributed by atoms with Gasteiger partial charge in [-0.25, -0.2) is 0 Å². The summed E-state index contributed by atoms with van der Waals surface area (Å²) in [5.41, 5.74) is -0.312. The summed E-state index contributed by atoms with van der Waals surface area (Å²) in [7, 11) is 4.04. The minimum atomic E-state index is -5.19. The highest BCUT2D eigenvalue weighted by molar-refractivity contribution is 5.85. The fraction of sp³-hybridized carbons (Fsp3) is 0.391. The Morgan fingerprint density at radius 1 is 1.00 bits per heavy atom. The van der Waals surface area contributed by atoms with E-state index in [1.807, 2.05) is 10.6 Å². The van der Waals surface area contributed by atoms with Gasteiger partial charge in [0.25, 0.3) is 0 Å². The van der Waals surface area contributed by atoms with E-state index in [-0.39, 0.29) is 41.2 Å². The van der Waals surface area contributed by atoms with Crippen molar-refractivity contribution >= 4 is 11.6 Å².